The third kappa shape index (κ3) is 12.7. The molecule has 20 aromatic carbocycles. The molecule has 1 atom stereocenters. The van der Waals surface area contributed by atoms with E-state index in [1.54, 1.807) is 0 Å². The highest BCUT2D eigenvalue weighted by Crippen LogP contribution is 2.53. The summed E-state index contributed by atoms with van der Waals surface area (Å²) < 4.78 is 13.9. The maximum atomic E-state index is 7.29. The van der Waals surface area contributed by atoms with Crippen LogP contribution in [0.5, 0.6) is 0 Å². The predicted molar refractivity (Wildman–Crippen MR) is 514 cm³/mol. The van der Waals surface area contributed by atoms with Crippen LogP contribution in [0.2, 0.25) is 0 Å². The molecule has 4 nitrogen and oxygen atoms in total. The first-order valence-electron chi connectivity index (χ1n) is 42.1. The van der Waals surface area contributed by atoms with Crippen molar-refractivity contribution in [1.82, 2.24) is 0 Å². The molecule has 0 amide bonds. The van der Waals surface area contributed by atoms with Crippen LogP contribution in [0, 0.1) is 0 Å². The summed E-state index contributed by atoms with van der Waals surface area (Å²) in [4.78, 5) is 4.94. The Morgan fingerprint density at radius 3 is 1.16 bits per heavy atom. The van der Waals surface area contributed by atoms with E-state index in [2.05, 4.69) is 465 Å². The van der Waals surface area contributed by atoms with Crippen molar-refractivity contribution in [2.45, 2.75) is 12.3 Å². The Morgan fingerprint density at radius 2 is 0.582 bits per heavy atom. The van der Waals surface area contributed by atoms with E-state index in [0.29, 0.717) is 6.42 Å². The number of benzene rings is 20. The van der Waals surface area contributed by atoms with E-state index in [0.717, 1.165) is 140 Å². The van der Waals surface area contributed by atoms with Crippen LogP contribution in [0.4, 0.5) is 34.1 Å². The van der Waals surface area contributed by atoms with Crippen molar-refractivity contribution < 1.29 is 8.83 Å². The van der Waals surface area contributed by atoms with Crippen LogP contribution in [0.25, 0.3) is 182 Å². The molecule has 0 saturated carbocycles. The van der Waals surface area contributed by atoms with Gasteiger partial charge in [0, 0.05) is 67.8 Å². The van der Waals surface area contributed by atoms with E-state index in [4.69, 9.17) is 8.83 Å². The summed E-state index contributed by atoms with van der Waals surface area (Å²) in [5.41, 5.74) is 31.8. The molecule has 0 bridgehead atoms. The van der Waals surface area contributed by atoms with Crippen LogP contribution < -0.4 is 9.80 Å². The third-order valence-corrected chi connectivity index (χ3v) is 25.1. The lowest BCUT2D eigenvalue weighted by Crippen LogP contribution is -2.14. The molecule has 0 fully saturated rings. The predicted octanol–water partition coefficient (Wildman–Crippen LogP) is 33.2. The summed E-state index contributed by atoms with van der Waals surface area (Å²) in [6, 6.07) is 162. The van der Waals surface area contributed by atoms with E-state index in [-0.39, 0.29) is 5.92 Å². The summed E-state index contributed by atoms with van der Waals surface area (Å²) in [6.45, 7) is 0. The normalized spacial score (nSPS) is 12.6. The first kappa shape index (κ1) is 71.4. The minimum absolute atomic E-state index is 0.0513. The van der Waals surface area contributed by atoms with Crippen LogP contribution in [-0.4, -0.2) is 0 Å². The number of hydrogen-bond acceptors (Lipinski definition) is 4. The lowest BCUT2D eigenvalue weighted by atomic mass is 9.85. The van der Waals surface area contributed by atoms with E-state index < -0.39 is 0 Å². The van der Waals surface area contributed by atoms with Crippen molar-refractivity contribution in [3.05, 3.63) is 466 Å². The maximum absolute atomic E-state index is 7.29. The molecular weight excluding hydrogens is 1480 g/mol. The molecule has 2 aromatic heterocycles. The van der Waals surface area contributed by atoms with Gasteiger partial charge in [0.1, 0.15) is 22.5 Å². The van der Waals surface area contributed by atoms with Crippen molar-refractivity contribution in [2.24, 2.45) is 0 Å². The van der Waals surface area contributed by atoms with Gasteiger partial charge < -0.3 is 18.6 Å². The standard InChI is InChI=1S/C118H78N2O2/c1-2-26-88-74-91(57-52-77(88)22-1)101-34-10-9-32-97(101)87-62-70-93(71-63-87)119(92-66-58-80(59-67-92)78-48-53-85(54-49-78)98-38-17-27-82-23-3-6-30-95(82)98)110-43-14-11-35-103(110)106-41-21-47-115-118(106)109-73-65-90(76-116(109)122-115)89-64-72-105(102-40-19-29-84-25-5-8-33-100(84)102)112(75-89)120(111-44-15-12-36-104(111)107-42-20-46-114-117(107)108-37-13-16-45-113(108)121-114)94-68-60-81(61-69-94)79-50-55-86(56-51-79)99-39-18-28-83-24-4-7-31-96(83)99/h1-75,90H,76H2. The Bertz CT molecular complexity index is 7830. The lowest BCUT2D eigenvalue weighted by molar-refractivity contribution is 0.532. The molecule has 4 heteroatoms. The van der Waals surface area contributed by atoms with Gasteiger partial charge in [-0.05, 0) is 211 Å². The number of fused-ring (bicyclic) bond motifs is 10. The van der Waals surface area contributed by atoms with E-state index >= 15 is 0 Å². The Balaban J connectivity index is 0.638. The second kappa shape index (κ2) is 30.2. The molecular formula is C118H78N2O2. The summed E-state index contributed by atoms with van der Waals surface area (Å²) in [6.07, 6.45) is 5.41. The van der Waals surface area contributed by atoms with Crippen LogP contribution in [0.1, 0.15) is 22.8 Å². The quantitative estimate of drug-likeness (QED) is 0.0965. The van der Waals surface area contributed by atoms with Gasteiger partial charge in [-0.15, -0.1) is 0 Å². The van der Waals surface area contributed by atoms with Crippen molar-refractivity contribution in [3.8, 4) is 100 Å². The summed E-state index contributed by atoms with van der Waals surface area (Å²) in [5.74, 6) is 0.905. The van der Waals surface area contributed by atoms with E-state index in [9.17, 15) is 0 Å². The molecule has 23 rings (SSSR count). The zero-order valence-corrected chi connectivity index (χ0v) is 66.8. The molecule has 0 aliphatic heterocycles. The molecule has 0 spiro atoms. The molecule has 22 aromatic rings. The smallest absolute Gasteiger partial charge is 0.136 e. The number of allylic oxidation sites excluding steroid dienone is 1. The minimum atomic E-state index is -0.0513. The Hall–Kier alpha value is -15.9. The second-order valence-electron chi connectivity index (χ2n) is 32.0. The summed E-state index contributed by atoms with van der Waals surface area (Å²) in [5, 5.41) is 13.0. The van der Waals surface area contributed by atoms with Gasteiger partial charge in [0.15, 0.2) is 0 Å². The number of nitrogens with zero attached hydrogens (tertiary/aromatic N) is 2. The number of furan rings is 2. The van der Waals surface area contributed by atoms with Gasteiger partial charge in [-0.3, -0.25) is 0 Å². The van der Waals surface area contributed by atoms with E-state index in [1.165, 1.54) is 87.6 Å². The molecule has 122 heavy (non-hydrogen) atoms. The fourth-order valence-corrected chi connectivity index (χ4v) is 19.1. The summed E-state index contributed by atoms with van der Waals surface area (Å²) >= 11 is 0. The van der Waals surface area contributed by atoms with Gasteiger partial charge in [-0.2, -0.15) is 0 Å². The Kier molecular flexibility index (Phi) is 17.7. The summed E-state index contributed by atoms with van der Waals surface area (Å²) in [7, 11) is 0. The molecule has 0 N–H and O–H groups in total. The maximum Gasteiger partial charge on any atom is 0.136 e. The zero-order valence-electron chi connectivity index (χ0n) is 66.8. The van der Waals surface area contributed by atoms with Crippen LogP contribution in [-0.2, 0) is 6.42 Å². The SMILES string of the molecule is C1=CC(c2ccc(-c3cccc4ccccc34)c(N(c3ccc(-c4ccc(-c5cccc6ccccc56)cc4)cc3)c3ccccc3-c3cccc4oc5ccccc5c34)c2)Cc2oc3cccc(-c4ccccc4N(c4ccc(-c5ccc(-c6cccc7ccccc67)cc5)cc4)c4ccc(-c5ccccc5-c5ccc6ccccc6c5)cc4)c3c21. The molecule has 2 heterocycles. The highest BCUT2D eigenvalue weighted by molar-refractivity contribution is 6.15. The van der Waals surface area contributed by atoms with Gasteiger partial charge >= 0.3 is 0 Å². The molecule has 1 aliphatic carbocycles. The molecule has 0 saturated heterocycles. The number of anilines is 6. The average molecular weight is 1560 g/mol. The highest BCUT2D eigenvalue weighted by atomic mass is 16.3. The fraction of sp³-hybridized carbons (Fsp3) is 0.0169. The average Bonchev–Trinajstić information content (AvgIpc) is 1.48. The van der Waals surface area contributed by atoms with Gasteiger partial charge in [-0.25, -0.2) is 0 Å². The minimum Gasteiger partial charge on any atom is -0.460 e. The molecule has 572 valence electrons. The zero-order chi connectivity index (χ0) is 80.6. The first-order chi connectivity index (χ1) is 60.5. The molecule has 1 aliphatic rings. The van der Waals surface area contributed by atoms with Crippen LogP contribution in [0.15, 0.2) is 458 Å². The number of hydrogen-bond donors (Lipinski definition) is 0. The van der Waals surface area contributed by atoms with Crippen molar-refractivity contribution in [2.75, 3.05) is 9.80 Å². The van der Waals surface area contributed by atoms with Crippen LogP contribution >= 0.6 is 0 Å². The topological polar surface area (TPSA) is 32.8 Å². The third-order valence-electron chi connectivity index (χ3n) is 25.1. The van der Waals surface area contributed by atoms with Crippen molar-refractivity contribution >= 4 is 116 Å². The lowest BCUT2D eigenvalue weighted by Gasteiger charge is -2.31. The van der Waals surface area contributed by atoms with Crippen molar-refractivity contribution in [3.63, 3.8) is 0 Å². The Morgan fingerprint density at radius 1 is 0.213 bits per heavy atom. The second-order valence-corrected chi connectivity index (χ2v) is 32.0. The van der Waals surface area contributed by atoms with Gasteiger partial charge in [0.2, 0.25) is 0 Å². The fourth-order valence-electron chi connectivity index (χ4n) is 19.1. The van der Waals surface area contributed by atoms with Crippen molar-refractivity contribution in [1.29, 1.82) is 0 Å². The van der Waals surface area contributed by atoms with E-state index in [1.807, 2.05) is 0 Å². The molecule has 0 radical (unpaired) electrons. The van der Waals surface area contributed by atoms with Gasteiger partial charge in [0.25, 0.3) is 0 Å². The largest absolute Gasteiger partial charge is 0.460 e. The first-order valence-corrected chi connectivity index (χ1v) is 42.1. The Labute approximate surface area is 708 Å². The number of rotatable bonds is 16. The molecule has 1 unspecified atom stereocenters. The van der Waals surface area contributed by atoms with Gasteiger partial charge in [0.05, 0.1) is 17.1 Å². The number of para-hydroxylation sites is 3. The highest BCUT2D eigenvalue weighted by Gasteiger charge is 2.30. The van der Waals surface area contributed by atoms with Gasteiger partial charge in [-0.1, -0.05) is 376 Å². The van der Waals surface area contributed by atoms with Crippen LogP contribution in [0.3, 0.4) is 0 Å². The monoisotopic (exact) mass is 1550 g/mol.